The van der Waals surface area contributed by atoms with Crippen molar-refractivity contribution in [2.24, 2.45) is 11.8 Å². The van der Waals surface area contributed by atoms with E-state index in [9.17, 15) is 27.9 Å². The van der Waals surface area contributed by atoms with E-state index in [2.05, 4.69) is 0 Å². The van der Waals surface area contributed by atoms with E-state index in [1.54, 1.807) is 19.1 Å². The number of anilines is 1. The van der Waals surface area contributed by atoms with E-state index in [1.807, 2.05) is 0 Å². The number of halogens is 3. The number of fused-ring (bicyclic) bond motifs is 5. The predicted octanol–water partition coefficient (Wildman–Crippen LogP) is 1.90. The van der Waals surface area contributed by atoms with Crippen molar-refractivity contribution in [3.63, 3.8) is 0 Å². The van der Waals surface area contributed by atoms with Gasteiger partial charge < -0.3 is 9.84 Å². The molecule has 0 unspecified atom stereocenters. The molecule has 3 aliphatic heterocycles. The molecule has 1 aromatic rings. The summed E-state index contributed by atoms with van der Waals surface area (Å²) >= 11 is 0. The fourth-order valence-corrected chi connectivity index (χ4v) is 4.12. The lowest BCUT2D eigenvalue weighted by Crippen LogP contribution is -2.43. The largest absolute Gasteiger partial charge is 0.416 e. The van der Waals surface area contributed by atoms with Gasteiger partial charge in [-0.15, -0.1) is 0 Å². The zero-order valence-electron chi connectivity index (χ0n) is 13.1. The summed E-state index contributed by atoms with van der Waals surface area (Å²) in [7, 11) is 0. The van der Waals surface area contributed by atoms with Crippen LogP contribution in [0.4, 0.5) is 18.9 Å². The number of rotatable bonds is 2. The van der Waals surface area contributed by atoms with Crippen LogP contribution in [-0.2, 0) is 20.5 Å². The van der Waals surface area contributed by atoms with Gasteiger partial charge in [-0.05, 0) is 25.1 Å². The van der Waals surface area contributed by atoms with Crippen molar-refractivity contribution < 1.29 is 32.6 Å². The summed E-state index contributed by atoms with van der Waals surface area (Å²) in [6, 6.07) is 4.09. The molecular weight excluding hydrogens is 339 g/mol. The number of hydrogen-bond acceptors (Lipinski definition) is 4. The van der Waals surface area contributed by atoms with E-state index in [-0.39, 0.29) is 5.69 Å². The summed E-state index contributed by atoms with van der Waals surface area (Å²) in [4.78, 5) is 26.5. The molecule has 5 nitrogen and oxygen atoms in total. The molecule has 0 saturated carbocycles. The van der Waals surface area contributed by atoms with Gasteiger partial charge in [0.2, 0.25) is 11.8 Å². The van der Waals surface area contributed by atoms with Crippen molar-refractivity contribution in [3.05, 3.63) is 42.0 Å². The first-order valence-corrected chi connectivity index (χ1v) is 7.69. The number of benzene rings is 1. The summed E-state index contributed by atoms with van der Waals surface area (Å²) in [5.74, 6) is -3.09. The van der Waals surface area contributed by atoms with E-state index in [4.69, 9.17) is 4.74 Å². The normalized spacial score (nSPS) is 36.4. The molecule has 3 aliphatic rings. The summed E-state index contributed by atoms with van der Waals surface area (Å²) < 4.78 is 44.6. The highest BCUT2D eigenvalue weighted by molar-refractivity contribution is 6.23. The van der Waals surface area contributed by atoms with Gasteiger partial charge in [-0.1, -0.05) is 18.2 Å². The SMILES string of the molecule is C[C@@]12C=C[C@](CO)(O1)[C@@H]1C(=O)N(c3cccc(C(F)(F)F)c3)C(=O)[C@@H]12. The maximum atomic E-state index is 12.9. The Kier molecular flexibility index (Phi) is 3.06. The summed E-state index contributed by atoms with van der Waals surface area (Å²) in [5, 5.41) is 9.71. The molecular formula is C17H14F3NO4. The van der Waals surface area contributed by atoms with Crippen LogP contribution in [0.5, 0.6) is 0 Å². The quantitative estimate of drug-likeness (QED) is 0.651. The maximum absolute atomic E-state index is 12.9. The van der Waals surface area contributed by atoms with E-state index >= 15 is 0 Å². The molecule has 2 fully saturated rings. The van der Waals surface area contributed by atoms with Gasteiger partial charge in [-0.25, -0.2) is 4.90 Å². The van der Waals surface area contributed by atoms with Crippen molar-refractivity contribution >= 4 is 17.5 Å². The van der Waals surface area contributed by atoms with E-state index in [0.29, 0.717) is 0 Å². The first-order valence-electron chi connectivity index (χ1n) is 7.69. The Morgan fingerprint density at radius 2 is 1.88 bits per heavy atom. The molecule has 0 aromatic heterocycles. The lowest BCUT2D eigenvalue weighted by Gasteiger charge is -2.27. The zero-order chi connectivity index (χ0) is 18.2. The maximum Gasteiger partial charge on any atom is 0.416 e. The molecule has 0 radical (unpaired) electrons. The number of carbonyl (C=O) groups is 2. The van der Waals surface area contributed by atoms with Crippen molar-refractivity contribution in [3.8, 4) is 0 Å². The molecule has 8 heteroatoms. The van der Waals surface area contributed by atoms with Gasteiger partial charge in [0, 0.05) is 0 Å². The monoisotopic (exact) mass is 353 g/mol. The van der Waals surface area contributed by atoms with E-state index in [0.717, 1.165) is 23.1 Å². The summed E-state index contributed by atoms with van der Waals surface area (Å²) in [6.07, 6.45) is -1.39. The van der Waals surface area contributed by atoms with E-state index < -0.39 is 53.2 Å². The Balaban J connectivity index is 1.78. The van der Waals surface area contributed by atoms with E-state index in [1.165, 1.54) is 6.07 Å². The molecule has 2 bridgehead atoms. The van der Waals surface area contributed by atoms with Gasteiger partial charge >= 0.3 is 6.18 Å². The molecule has 4 atom stereocenters. The minimum absolute atomic E-state index is 0.129. The number of alkyl halides is 3. The number of aliphatic hydroxyl groups excluding tert-OH is 1. The van der Waals surface area contributed by atoms with Crippen molar-refractivity contribution in [2.75, 3.05) is 11.5 Å². The first-order chi connectivity index (χ1) is 11.6. The number of carbonyl (C=O) groups excluding carboxylic acids is 2. The number of hydrogen-bond donors (Lipinski definition) is 1. The lowest BCUT2D eigenvalue weighted by atomic mass is 9.73. The average Bonchev–Trinajstić information content (AvgIpc) is 3.13. The van der Waals surface area contributed by atoms with Crippen LogP contribution >= 0.6 is 0 Å². The van der Waals surface area contributed by atoms with Gasteiger partial charge in [-0.2, -0.15) is 13.2 Å². The van der Waals surface area contributed by atoms with Crippen molar-refractivity contribution in [1.29, 1.82) is 0 Å². The highest BCUT2D eigenvalue weighted by Gasteiger charge is 2.72. The highest BCUT2D eigenvalue weighted by atomic mass is 19.4. The predicted molar refractivity (Wildman–Crippen MR) is 79.4 cm³/mol. The molecule has 2 saturated heterocycles. The Bertz CT molecular complexity index is 820. The molecule has 0 aliphatic carbocycles. The van der Waals surface area contributed by atoms with Gasteiger partial charge in [0.05, 0.1) is 35.3 Å². The second kappa shape index (κ2) is 4.70. The van der Waals surface area contributed by atoms with Crippen LogP contribution in [0.2, 0.25) is 0 Å². The number of aliphatic hydroxyl groups is 1. The van der Waals surface area contributed by atoms with Gasteiger partial charge in [0.1, 0.15) is 5.60 Å². The summed E-state index contributed by atoms with van der Waals surface area (Å²) in [5.41, 5.74) is -3.43. The van der Waals surface area contributed by atoms with Crippen LogP contribution in [0.3, 0.4) is 0 Å². The van der Waals surface area contributed by atoms with Crippen molar-refractivity contribution in [1.82, 2.24) is 0 Å². The Morgan fingerprint density at radius 1 is 1.20 bits per heavy atom. The zero-order valence-corrected chi connectivity index (χ0v) is 13.1. The van der Waals surface area contributed by atoms with Crippen LogP contribution in [0.1, 0.15) is 12.5 Å². The van der Waals surface area contributed by atoms with Crippen LogP contribution in [-0.4, -0.2) is 34.7 Å². The smallest absolute Gasteiger partial charge is 0.393 e. The standard InChI is InChI=1S/C17H14F3NO4/c1-15-5-6-16(8-22,25-15)12-11(15)13(23)21(14(12)24)10-4-2-3-9(7-10)17(18,19)20/h2-7,11-12,22H,8H2,1H3/t11-,12+,15+,16-/m1/s1. The third kappa shape index (κ3) is 1.98. The highest BCUT2D eigenvalue weighted by Crippen LogP contribution is 2.57. The van der Waals surface area contributed by atoms with Gasteiger partial charge in [0.15, 0.2) is 0 Å². The van der Waals surface area contributed by atoms with Gasteiger partial charge in [-0.3, -0.25) is 9.59 Å². The second-order valence-electron chi connectivity index (χ2n) is 6.75. The number of amides is 2. The molecule has 2 amide bonds. The first kappa shape index (κ1) is 16.3. The Labute approximate surface area is 140 Å². The van der Waals surface area contributed by atoms with Crippen LogP contribution in [0, 0.1) is 11.8 Å². The third-order valence-corrected chi connectivity index (χ3v) is 5.24. The van der Waals surface area contributed by atoms with Crippen LogP contribution in [0.15, 0.2) is 36.4 Å². The minimum atomic E-state index is -4.58. The molecule has 1 aromatic carbocycles. The molecule has 0 spiro atoms. The molecule has 4 rings (SSSR count). The average molecular weight is 353 g/mol. The minimum Gasteiger partial charge on any atom is -0.393 e. The van der Waals surface area contributed by atoms with Gasteiger partial charge in [0.25, 0.3) is 0 Å². The third-order valence-electron chi connectivity index (χ3n) is 5.24. The molecule has 132 valence electrons. The topological polar surface area (TPSA) is 66.8 Å². The fourth-order valence-electron chi connectivity index (χ4n) is 4.12. The number of ether oxygens (including phenoxy) is 1. The van der Waals surface area contributed by atoms with Crippen molar-refractivity contribution in [2.45, 2.75) is 24.3 Å². The molecule has 3 heterocycles. The summed E-state index contributed by atoms with van der Waals surface area (Å²) in [6.45, 7) is 1.14. The Morgan fingerprint density at radius 3 is 2.52 bits per heavy atom. The molecule has 1 N–H and O–H groups in total. The number of nitrogens with zero attached hydrogens (tertiary/aromatic N) is 1. The molecule has 25 heavy (non-hydrogen) atoms. The number of imide groups is 1. The lowest BCUT2D eigenvalue weighted by molar-refractivity contribution is -0.138. The second-order valence-corrected chi connectivity index (χ2v) is 6.75. The fraction of sp³-hybridized carbons (Fsp3) is 0.412. The van der Waals surface area contributed by atoms with Crippen LogP contribution in [0.25, 0.3) is 0 Å². The Hall–Kier alpha value is -2.19. The van der Waals surface area contributed by atoms with Crippen LogP contribution < -0.4 is 4.90 Å².